The van der Waals surface area contributed by atoms with E-state index in [-0.39, 0.29) is 0 Å². The first-order valence-electron chi connectivity index (χ1n) is 7.38. The molecule has 1 aliphatic heterocycles. The second kappa shape index (κ2) is 8.78. The van der Waals surface area contributed by atoms with Crippen molar-refractivity contribution in [3.05, 3.63) is 0 Å². The molecule has 1 rings (SSSR count). The zero-order chi connectivity index (χ0) is 11.6. The van der Waals surface area contributed by atoms with Gasteiger partial charge in [0, 0.05) is 11.8 Å². The van der Waals surface area contributed by atoms with Crippen LogP contribution in [0.15, 0.2) is 4.99 Å². The van der Waals surface area contributed by atoms with Gasteiger partial charge in [-0.2, -0.15) is 0 Å². The van der Waals surface area contributed by atoms with Gasteiger partial charge in [0.15, 0.2) is 0 Å². The average Bonchev–Trinajstić information content (AvgIpc) is 2.28. The van der Waals surface area contributed by atoms with Crippen LogP contribution in [-0.4, -0.2) is 11.8 Å². The molecule has 1 heteroatoms. The van der Waals surface area contributed by atoms with E-state index in [1.165, 1.54) is 76.3 Å². The van der Waals surface area contributed by atoms with Crippen LogP contribution in [0.1, 0.15) is 84.5 Å². The van der Waals surface area contributed by atoms with Crippen LogP contribution in [0.4, 0.5) is 0 Å². The van der Waals surface area contributed by atoms with Crippen molar-refractivity contribution in [1.82, 2.24) is 0 Å². The van der Waals surface area contributed by atoms with Crippen LogP contribution >= 0.6 is 0 Å². The van der Waals surface area contributed by atoms with Crippen molar-refractivity contribution in [2.45, 2.75) is 90.5 Å². The Balaban J connectivity index is 1.94. The Morgan fingerprint density at radius 2 is 1.75 bits per heavy atom. The van der Waals surface area contributed by atoms with Crippen LogP contribution in [-0.2, 0) is 0 Å². The minimum absolute atomic E-state index is 0.605. The Labute approximate surface area is 102 Å². The van der Waals surface area contributed by atoms with E-state index in [0.29, 0.717) is 6.04 Å². The number of nitrogens with zero attached hydrogens (tertiary/aromatic N) is 1. The normalized spacial score (nSPS) is 20.9. The van der Waals surface area contributed by atoms with Crippen LogP contribution in [0, 0.1) is 0 Å². The maximum absolute atomic E-state index is 4.75. The lowest BCUT2D eigenvalue weighted by atomic mass is 9.99. The summed E-state index contributed by atoms with van der Waals surface area (Å²) in [6.07, 6.45) is 15.1. The summed E-state index contributed by atoms with van der Waals surface area (Å²) in [5, 5.41) is 0. The van der Waals surface area contributed by atoms with Crippen molar-refractivity contribution in [2.75, 3.05) is 0 Å². The van der Waals surface area contributed by atoms with Gasteiger partial charge in [-0.25, -0.2) is 0 Å². The lowest BCUT2D eigenvalue weighted by molar-refractivity contribution is 0.579. The zero-order valence-corrected chi connectivity index (χ0v) is 11.3. The van der Waals surface area contributed by atoms with Crippen molar-refractivity contribution in [3.63, 3.8) is 0 Å². The lowest BCUT2D eigenvalue weighted by Gasteiger charge is -2.16. The molecule has 0 aliphatic carbocycles. The molecule has 0 fully saturated rings. The maximum atomic E-state index is 4.75. The largest absolute Gasteiger partial charge is 0.291 e. The first-order valence-corrected chi connectivity index (χ1v) is 7.38. The van der Waals surface area contributed by atoms with Crippen LogP contribution in [0.25, 0.3) is 0 Å². The topological polar surface area (TPSA) is 12.4 Å². The summed E-state index contributed by atoms with van der Waals surface area (Å²) < 4.78 is 0. The summed E-state index contributed by atoms with van der Waals surface area (Å²) in [5.41, 5.74) is 1.51. The molecule has 0 amide bonds. The van der Waals surface area contributed by atoms with Crippen LogP contribution in [0.2, 0.25) is 0 Å². The standard InChI is InChI=1S/C15H29N/c1-3-4-5-6-7-8-9-12-15-13-10-11-14(2)16-15/h14H,3-13H2,1-2H3/t14-/m1/s1. The van der Waals surface area contributed by atoms with Gasteiger partial charge >= 0.3 is 0 Å². The molecule has 0 radical (unpaired) electrons. The SMILES string of the molecule is CCCCCCCCCC1=N[C@H](C)CCC1. The van der Waals surface area contributed by atoms with Crippen LogP contribution in [0.3, 0.4) is 0 Å². The second-order valence-electron chi connectivity index (χ2n) is 5.31. The summed E-state index contributed by atoms with van der Waals surface area (Å²) in [4.78, 5) is 4.75. The number of aliphatic imine (C=N–C) groups is 1. The minimum Gasteiger partial charge on any atom is -0.291 e. The van der Waals surface area contributed by atoms with Crippen molar-refractivity contribution >= 4 is 5.71 Å². The van der Waals surface area contributed by atoms with Crippen molar-refractivity contribution in [2.24, 2.45) is 4.99 Å². The molecule has 1 nitrogen and oxygen atoms in total. The van der Waals surface area contributed by atoms with Gasteiger partial charge in [-0.05, 0) is 39.0 Å². The van der Waals surface area contributed by atoms with E-state index in [1.807, 2.05) is 0 Å². The Morgan fingerprint density at radius 1 is 1.06 bits per heavy atom. The first kappa shape index (κ1) is 13.7. The highest BCUT2D eigenvalue weighted by atomic mass is 14.8. The first-order chi connectivity index (χ1) is 7.83. The third-order valence-electron chi connectivity index (χ3n) is 3.56. The van der Waals surface area contributed by atoms with E-state index >= 15 is 0 Å². The van der Waals surface area contributed by atoms with E-state index in [1.54, 1.807) is 0 Å². The highest BCUT2D eigenvalue weighted by molar-refractivity contribution is 5.85. The fourth-order valence-corrected chi connectivity index (χ4v) is 2.52. The zero-order valence-electron chi connectivity index (χ0n) is 11.3. The number of unbranched alkanes of at least 4 members (excludes halogenated alkanes) is 6. The fraction of sp³-hybridized carbons (Fsp3) is 0.933. The van der Waals surface area contributed by atoms with Gasteiger partial charge in [0.25, 0.3) is 0 Å². The quantitative estimate of drug-likeness (QED) is 0.505. The van der Waals surface area contributed by atoms with E-state index in [2.05, 4.69) is 13.8 Å². The van der Waals surface area contributed by atoms with E-state index in [4.69, 9.17) is 4.99 Å². The summed E-state index contributed by atoms with van der Waals surface area (Å²) in [6.45, 7) is 4.53. The predicted octanol–water partition coefficient (Wildman–Crippen LogP) is 5.14. The molecule has 0 saturated carbocycles. The molecular formula is C15H29N. The van der Waals surface area contributed by atoms with Gasteiger partial charge in [-0.1, -0.05) is 45.4 Å². The number of rotatable bonds is 8. The number of hydrogen-bond donors (Lipinski definition) is 0. The summed E-state index contributed by atoms with van der Waals surface area (Å²) in [5.74, 6) is 0. The summed E-state index contributed by atoms with van der Waals surface area (Å²) in [7, 11) is 0. The van der Waals surface area contributed by atoms with E-state index in [0.717, 1.165) is 0 Å². The average molecular weight is 223 g/mol. The van der Waals surface area contributed by atoms with Gasteiger partial charge in [-0.15, -0.1) is 0 Å². The molecule has 0 bridgehead atoms. The molecule has 0 aromatic heterocycles. The lowest BCUT2D eigenvalue weighted by Crippen LogP contribution is -2.12. The van der Waals surface area contributed by atoms with Crippen LogP contribution in [0.5, 0.6) is 0 Å². The smallest absolute Gasteiger partial charge is 0.0470 e. The van der Waals surface area contributed by atoms with E-state index in [9.17, 15) is 0 Å². The molecule has 0 unspecified atom stereocenters. The predicted molar refractivity (Wildman–Crippen MR) is 73.4 cm³/mol. The Hall–Kier alpha value is -0.330. The van der Waals surface area contributed by atoms with E-state index < -0.39 is 0 Å². The molecule has 1 aliphatic rings. The Kier molecular flexibility index (Phi) is 7.54. The Morgan fingerprint density at radius 3 is 2.44 bits per heavy atom. The second-order valence-corrected chi connectivity index (χ2v) is 5.31. The van der Waals surface area contributed by atoms with Gasteiger partial charge in [0.1, 0.15) is 0 Å². The molecule has 0 spiro atoms. The molecule has 0 N–H and O–H groups in total. The molecule has 0 aromatic rings. The van der Waals surface area contributed by atoms with Gasteiger partial charge < -0.3 is 0 Å². The maximum Gasteiger partial charge on any atom is 0.0470 e. The molecule has 0 aromatic carbocycles. The molecule has 1 heterocycles. The van der Waals surface area contributed by atoms with Gasteiger partial charge in [-0.3, -0.25) is 4.99 Å². The van der Waals surface area contributed by atoms with Gasteiger partial charge in [0.05, 0.1) is 0 Å². The highest BCUT2D eigenvalue weighted by Crippen LogP contribution is 2.17. The number of hydrogen-bond acceptors (Lipinski definition) is 1. The van der Waals surface area contributed by atoms with Gasteiger partial charge in [0.2, 0.25) is 0 Å². The summed E-state index contributed by atoms with van der Waals surface area (Å²) in [6, 6.07) is 0.605. The molecule has 16 heavy (non-hydrogen) atoms. The summed E-state index contributed by atoms with van der Waals surface area (Å²) >= 11 is 0. The van der Waals surface area contributed by atoms with Crippen molar-refractivity contribution in [3.8, 4) is 0 Å². The fourth-order valence-electron chi connectivity index (χ4n) is 2.52. The molecular weight excluding hydrogens is 194 g/mol. The molecule has 1 atom stereocenters. The third-order valence-corrected chi connectivity index (χ3v) is 3.56. The Bertz CT molecular complexity index is 196. The monoisotopic (exact) mass is 223 g/mol. The highest BCUT2D eigenvalue weighted by Gasteiger charge is 2.09. The molecule has 0 saturated heterocycles. The minimum atomic E-state index is 0.605. The van der Waals surface area contributed by atoms with Crippen molar-refractivity contribution < 1.29 is 0 Å². The molecule has 94 valence electrons. The van der Waals surface area contributed by atoms with Crippen molar-refractivity contribution in [1.29, 1.82) is 0 Å². The third kappa shape index (κ3) is 6.30. The van der Waals surface area contributed by atoms with Crippen LogP contribution < -0.4 is 0 Å².